The largest absolute Gasteiger partial charge is 0.324 e. The van der Waals surface area contributed by atoms with E-state index in [0.29, 0.717) is 0 Å². The van der Waals surface area contributed by atoms with Gasteiger partial charge in [-0.05, 0) is 48.5 Å². The molecule has 0 aromatic carbocycles. The van der Waals surface area contributed by atoms with E-state index < -0.39 is 0 Å². The number of hydrogen-bond donors (Lipinski definition) is 0. The van der Waals surface area contributed by atoms with E-state index in [1.165, 1.54) is 11.0 Å². The van der Waals surface area contributed by atoms with Gasteiger partial charge < -0.3 is 8.80 Å². The van der Waals surface area contributed by atoms with Gasteiger partial charge in [0.25, 0.3) is 0 Å². The number of rotatable bonds is 0. The Bertz CT molecular complexity index is 623. The van der Waals surface area contributed by atoms with Gasteiger partial charge in [0.05, 0.1) is 0 Å². The number of aromatic nitrogens is 2. The fourth-order valence-corrected chi connectivity index (χ4v) is 1.96. The summed E-state index contributed by atoms with van der Waals surface area (Å²) in [4.78, 5) is 0. The van der Waals surface area contributed by atoms with Crippen LogP contribution in [-0.2, 0) is 0 Å². The van der Waals surface area contributed by atoms with Gasteiger partial charge in [0.15, 0.2) is 0 Å². The van der Waals surface area contributed by atoms with Gasteiger partial charge in [-0.15, -0.1) is 0 Å². The number of pyridine rings is 2. The van der Waals surface area contributed by atoms with Gasteiger partial charge in [-0.2, -0.15) is 0 Å². The van der Waals surface area contributed by atoms with Gasteiger partial charge in [-0.3, -0.25) is 0 Å². The van der Waals surface area contributed by atoms with Crippen molar-refractivity contribution in [1.82, 2.24) is 8.80 Å². The molecule has 4 aromatic rings. The van der Waals surface area contributed by atoms with E-state index in [1.54, 1.807) is 0 Å². The van der Waals surface area contributed by atoms with Crippen LogP contribution in [-0.4, -0.2) is 8.80 Å². The quantitative estimate of drug-likeness (QED) is 0.436. The molecule has 2 nitrogen and oxygen atoms in total. The minimum absolute atomic E-state index is 1.25. The lowest BCUT2D eigenvalue weighted by Gasteiger charge is -1.88. The second kappa shape index (κ2) is 4.80. The van der Waals surface area contributed by atoms with E-state index in [-0.39, 0.29) is 0 Å². The third-order valence-corrected chi connectivity index (χ3v) is 2.87. The van der Waals surface area contributed by atoms with Gasteiger partial charge >= 0.3 is 0 Å². The molecule has 0 unspecified atom stereocenters. The molecule has 4 heterocycles. The van der Waals surface area contributed by atoms with Crippen LogP contribution in [0.25, 0.3) is 11.0 Å². The lowest BCUT2D eigenvalue weighted by Crippen LogP contribution is -1.75. The molecule has 2 heteroatoms. The summed E-state index contributed by atoms with van der Waals surface area (Å²) in [5.41, 5.74) is 2.50. The Kier molecular flexibility index (Phi) is 2.84. The van der Waals surface area contributed by atoms with E-state index in [0.717, 1.165) is 0 Å². The highest BCUT2D eigenvalue weighted by Gasteiger charge is 1.84. The summed E-state index contributed by atoms with van der Waals surface area (Å²) in [6, 6.07) is 20.5. The zero-order valence-electron chi connectivity index (χ0n) is 9.98. The van der Waals surface area contributed by atoms with Crippen LogP contribution in [0.5, 0.6) is 0 Å². The molecule has 0 aliphatic rings. The molecule has 0 aliphatic heterocycles. The predicted molar refractivity (Wildman–Crippen MR) is 74.8 cm³/mol. The van der Waals surface area contributed by atoms with Gasteiger partial charge in [-0.1, -0.05) is 12.1 Å². The van der Waals surface area contributed by atoms with Gasteiger partial charge in [-0.25, -0.2) is 0 Å². The molecule has 4 rings (SSSR count). The fraction of sp³-hybridized carbons (Fsp3) is 0. The van der Waals surface area contributed by atoms with Crippen LogP contribution in [0.15, 0.2) is 85.5 Å². The molecule has 0 radical (unpaired) electrons. The summed E-state index contributed by atoms with van der Waals surface area (Å²) < 4.78 is 4.17. The topological polar surface area (TPSA) is 8.82 Å². The summed E-state index contributed by atoms with van der Waals surface area (Å²) in [7, 11) is 0. The van der Waals surface area contributed by atoms with Crippen molar-refractivity contribution in [2.24, 2.45) is 0 Å². The predicted octanol–water partition coefficient (Wildman–Crippen LogP) is 3.88. The van der Waals surface area contributed by atoms with Crippen LogP contribution in [0.3, 0.4) is 0 Å². The minimum atomic E-state index is 1.25. The maximum Gasteiger partial charge on any atom is 0.0449 e. The summed E-state index contributed by atoms with van der Waals surface area (Å²) >= 11 is 0. The Morgan fingerprint density at radius 2 is 0.833 bits per heavy atom. The molecular formula is C16H14N2. The molecule has 0 atom stereocenters. The number of hydrogen-bond acceptors (Lipinski definition) is 0. The van der Waals surface area contributed by atoms with Crippen molar-refractivity contribution in [3.63, 3.8) is 0 Å². The molecule has 0 N–H and O–H groups in total. The van der Waals surface area contributed by atoms with E-state index >= 15 is 0 Å². The van der Waals surface area contributed by atoms with Crippen molar-refractivity contribution in [3.05, 3.63) is 85.5 Å². The lowest BCUT2D eigenvalue weighted by molar-refractivity contribution is 1.20. The van der Waals surface area contributed by atoms with Crippen molar-refractivity contribution in [2.75, 3.05) is 0 Å². The smallest absolute Gasteiger partial charge is 0.0449 e. The molecule has 0 bridgehead atoms. The SMILES string of the molecule is c1ccn2cccc2c1.c1ccn2cccc2c1. The Labute approximate surface area is 106 Å². The molecule has 0 saturated carbocycles. The Morgan fingerprint density at radius 1 is 0.444 bits per heavy atom. The van der Waals surface area contributed by atoms with E-state index in [9.17, 15) is 0 Å². The Balaban J connectivity index is 0.000000111. The van der Waals surface area contributed by atoms with Gasteiger partial charge in [0, 0.05) is 35.8 Å². The van der Waals surface area contributed by atoms with Gasteiger partial charge in [0.1, 0.15) is 0 Å². The molecule has 0 fully saturated rings. The summed E-state index contributed by atoms with van der Waals surface area (Å²) in [5.74, 6) is 0. The third-order valence-electron chi connectivity index (χ3n) is 2.87. The molecular weight excluding hydrogens is 220 g/mol. The lowest BCUT2D eigenvalue weighted by atomic mass is 10.4. The monoisotopic (exact) mass is 234 g/mol. The molecule has 0 spiro atoms. The van der Waals surface area contributed by atoms with Crippen molar-refractivity contribution >= 4 is 11.0 Å². The molecule has 18 heavy (non-hydrogen) atoms. The second-order valence-electron chi connectivity index (χ2n) is 4.08. The molecule has 0 saturated heterocycles. The van der Waals surface area contributed by atoms with Crippen LogP contribution in [0, 0.1) is 0 Å². The van der Waals surface area contributed by atoms with Crippen molar-refractivity contribution < 1.29 is 0 Å². The van der Waals surface area contributed by atoms with E-state index in [2.05, 4.69) is 33.1 Å². The number of fused-ring (bicyclic) bond motifs is 2. The highest BCUT2D eigenvalue weighted by atomic mass is 14.8. The average Bonchev–Trinajstić information content (AvgIpc) is 3.08. The average molecular weight is 234 g/mol. The van der Waals surface area contributed by atoms with Crippen LogP contribution >= 0.6 is 0 Å². The first-order chi connectivity index (χ1) is 8.93. The number of nitrogens with zero attached hydrogens (tertiary/aromatic N) is 2. The fourth-order valence-electron chi connectivity index (χ4n) is 1.96. The first-order valence-corrected chi connectivity index (χ1v) is 5.97. The van der Waals surface area contributed by atoms with Crippen LogP contribution < -0.4 is 0 Å². The molecule has 88 valence electrons. The molecule has 4 aromatic heterocycles. The Morgan fingerprint density at radius 3 is 1.28 bits per heavy atom. The third kappa shape index (κ3) is 2.13. The summed E-state index contributed by atoms with van der Waals surface area (Å²) in [6.45, 7) is 0. The van der Waals surface area contributed by atoms with Crippen molar-refractivity contribution in [3.8, 4) is 0 Å². The zero-order valence-corrected chi connectivity index (χ0v) is 9.98. The van der Waals surface area contributed by atoms with Gasteiger partial charge in [0.2, 0.25) is 0 Å². The van der Waals surface area contributed by atoms with E-state index in [1.807, 2.05) is 61.2 Å². The Hall–Kier alpha value is -2.48. The zero-order chi connectivity index (χ0) is 12.2. The van der Waals surface area contributed by atoms with Crippen molar-refractivity contribution in [1.29, 1.82) is 0 Å². The van der Waals surface area contributed by atoms with Crippen LogP contribution in [0.1, 0.15) is 0 Å². The molecule has 0 aliphatic carbocycles. The first kappa shape index (κ1) is 10.7. The highest BCUT2D eigenvalue weighted by molar-refractivity contribution is 5.47. The standard InChI is InChI=1S/2C8H7N/c2*1-2-6-9-7-3-5-8(9)4-1/h2*1-7H. The van der Waals surface area contributed by atoms with Crippen LogP contribution in [0.2, 0.25) is 0 Å². The minimum Gasteiger partial charge on any atom is -0.324 e. The van der Waals surface area contributed by atoms with Crippen molar-refractivity contribution in [2.45, 2.75) is 0 Å². The molecule has 0 amide bonds. The maximum absolute atomic E-state index is 2.08. The summed E-state index contributed by atoms with van der Waals surface area (Å²) in [6.07, 6.45) is 8.15. The normalized spacial score (nSPS) is 10.2. The maximum atomic E-state index is 2.08. The highest BCUT2D eigenvalue weighted by Crippen LogP contribution is 2.02. The first-order valence-electron chi connectivity index (χ1n) is 5.97. The second-order valence-corrected chi connectivity index (χ2v) is 4.08. The van der Waals surface area contributed by atoms with E-state index in [4.69, 9.17) is 0 Å². The van der Waals surface area contributed by atoms with Crippen LogP contribution in [0.4, 0.5) is 0 Å². The summed E-state index contributed by atoms with van der Waals surface area (Å²) in [5, 5.41) is 0.